The summed E-state index contributed by atoms with van der Waals surface area (Å²) in [5.41, 5.74) is 1.99. The van der Waals surface area contributed by atoms with Crippen LogP contribution in [0.5, 0.6) is 0 Å². The Morgan fingerprint density at radius 1 is 1.11 bits per heavy atom. The molecule has 5 rings (SSSR count). The van der Waals surface area contributed by atoms with Crippen LogP contribution in [0.15, 0.2) is 39.9 Å². The average molecular weight is 382 g/mol. The number of aryl methyl sites for hydroxylation is 1. The molecule has 7 heteroatoms. The molecule has 3 heterocycles. The number of anilines is 1. The Bertz CT molecular complexity index is 925. The molecule has 0 atom stereocenters. The first-order chi connectivity index (χ1) is 13.3. The monoisotopic (exact) mass is 381 g/mol. The maximum atomic E-state index is 5.89. The van der Waals surface area contributed by atoms with E-state index in [1.54, 1.807) is 11.8 Å². The number of benzene rings is 1. The molecule has 0 unspecified atom stereocenters. The highest BCUT2D eigenvalue weighted by Crippen LogP contribution is 2.42. The highest BCUT2D eigenvalue weighted by Gasteiger charge is 2.32. The van der Waals surface area contributed by atoms with Crippen molar-refractivity contribution < 1.29 is 4.42 Å². The number of oxazole rings is 1. The summed E-state index contributed by atoms with van der Waals surface area (Å²) in [7, 11) is 0. The fraction of sp³-hybridized carbons (Fsp3) is 0.450. The minimum atomic E-state index is 0.566. The minimum Gasteiger partial charge on any atom is -0.441 e. The summed E-state index contributed by atoms with van der Waals surface area (Å²) in [6.07, 6.45) is 4.96. The molecule has 0 N–H and O–H groups in total. The molecule has 1 saturated carbocycles. The molecule has 2 aromatic heterocycles. The largest absolute Gasteiger partial charge is 0.441 e. The quantitative estimate of drug-likeness (QED) is 0.587. The lowest BCUT2D eigenvalue weighted by molar-refractivity contribution is 0.540. The zero-order valence-electron chi connectivity index (χ0n) is 15.5. The van der Waals surface area contributed by atoms with Crippen molar-refractivity contribution >= 4 is 17.7 Å². The van der Waals surface area contributed by atoms with Crippen molar-refractivity contribution in [2.45, 2.75) is 49.6 Å². The van der Waals surface area contributed by atoms with Crippen LogP contribution in [0.4, 0.5) is 5.95 Å². The second kappa shape index (κ2) is 7.03. The number of thioether (sulfide) groups is 1. The van der Waals surface area contributed by atoms with E-state index in [9.17, 15) is 0 Å². The number of nitrogens with zero attached hydrogens (tertiary/aromatic N) is 5. The standard InChI is InChI=1S/C20H23N5OS/c1-14-17(21-18(26-14)15-7-3-2-4-8-15)13-27-20-23-22-19(24-11-5-6-12-24)25(20)16-9-10-16/h2-4,7-8,16H,5-6,9-13H2,1H3. The van der Waals surface area contributed by atoms with Crippen molar-refractivity contribution in [2.75, 3.05) is 18.0 Å². The van der Waals surface area contributed by atoms with E-state index in [0.717, 1.165) is 47.0 Å². The third kappa shape index (κ3) is 3.36. The van der Waals surface area contributed by atoms with Crippen LogP contribution in [-0.2, 0) is 5.75 Å². The van der Waals surface area contributed by atoms with Gasteiger partial charge in [-0.2, -0.15) is 0 Å². The summed E-state index contributed by atoms with van der Waals surface area (Å²) in [5.74, 6) is 3.36. The van der Waals surface area contributed by atoms with Gasteiger partial charge in [-0.3, -0.25) is 4.57 Å². The van der Waals surface area contributed by atoms with Gasteiger partial charge in [0.15, 0.2) is 5.16 Å². The molecule has 0 bridgehead atoms. The van der Waals surface area contributed by atoms with Crippen molar-refractivity contribution in [3.8, 4) is 11.5 Å². The summed E-state index contributed by atoms with van der Waals surface area (Å²) >= 11 is 1.71. The summed E-state index contributed by atoms with van der Waals surface area (Å²) in [6, 6.07) is 10.6. The number of aromatic nitrogens is 4. The Labute approximate surface area is 163 Å². The van der Waals surface area contributed by atoms with Crippen LogP contribution in [0, 0.1) is 6.92 Å². The first-order valence-electron chi connectivity index (χ1n) is 9.64. The lowest BCUT2D eigenvalue weighted by Crippen LogP contribution is -2.22. The van der Waals surface area contributed by atoms with E-state index in [2.05, 4.69) is 19.7 Å². The van der Waals surface area contributed by atoms with Gasteiger partial charge in [-0.1, -0.05) is 30.0 Å². The maximum absolute atomic E-state index is 5.89. The van der Waals surface area contributed by atoms with Crippen LogP contribution in [0.2, 0.25) is 0 Å². The zero-order chi connectivity index (χ0) is 18.2. The van der Waals surface area contributed by atoms with Crippen LogP contribution >= 0.6 is 11.8 Å². The molecule has 1 saturated heterocycles. The van der Waals surface area contributed by atoms with E-state index in [0.29, 0.717) is 11.9 Å². The van der Waals surface area contributed by atoms with Gasteiger partial charge in [0, 0.05) is 30.4 Å². The molecule has 3 aromatic rings. The first kappa shape index (κ1) is 16.9. The van der Waals surface area contributed by atoms with Crippen LogP contribution < -0.4 is 4.90 Å². The lowest BCUT2D eigenvalue weighted by Gasteiger charge is -2.17. The fourth-order valence-electron chi connectivity index (χ4n) is 3.55. The number of rotatable bonds is 6. The van der Waals surface area contributed by atoms with Gasteiger partial charge >= 0.3 is 0 Å². The van der Waals surface area contributed by atoms with Crippen molar-refractivity contribution in [2.24, 2.45) is 0 Å². The highest BCUT2D eigenvalue weighted by atomic mass is 32.2. The van der Waals surface area contributed by atoms with E-state index in [1.165, 1.54) is 25.7 Å². The van der Waals surface area contributed by atoms with Gasteiger partial charge in [-0.25, -0.2) is 4.98 Å². The second-order valence-corrected chi connectivity index (χ2v) is 8.20. The lowest BCUT2D eigenvalue weighted by atomic mass is 10.2. The molecule has 6 nitrogen and oxygen atoms in total. The van der Waals surface area contributed by atoms with Crippen LogP contribution in [0.25, 0.3) is 11.5 Å². The maximum Gasteiger partial charge on any atom is 0.228 e. The third-order valence-corrected chi connectivity index (χ3v) is 6.15. The zero-order valence-corrected chi connectivity index (χ0v) is 16.3. The Hall–Kier alpha value is -2.28. The Morgan fingerprint density at radius 3 is 2.63 bits per heavy atom. The van der Waals surface area contributed by atoms with Gasteiger partial charge in [0.25, 0.3) is 0 Å². The Morgan fingerprint density at radius 2 is 1.89 bits per heavy atom. The number of hydrogen-bond acceptors (Lipinski definition) is 6. The molecule has 0 radical (unpaired) electrons. The van der Waals surface area contributed by atoms with Gasteiger partial charge in [-0.05, 0) is 44.7 Å². The summed E-state index contributed by atoms with van der Waals surface area (Å²) in [5, 5.41) is 10.0. The minimum absolute atomic E-state index is 0.566. The SMILES string of the molecule is Cc1oc(-c2ccccc2)nc1CSc1nnc(N2CCCC2)n1C1CC1. The molecule has 2 fully saturated rings. The molecule has 27 heavy (non-hydrogen) atoms. The van der Waals surface area contributed by atoms with Crippen molar-refractivity contribution in [1.82, 2.24) is 19.7 Å². The Balaban J connectivity index is 1.35. The molecular weight excluding hydrogens is 358 g/mol. The molecule has 140 valence electrons. The van der Waals surface area contributed by atoms with Crippen molar-refractivity contribution in [3.05, 3.63) is 41.8 Å². The second-order valence-electron chi connectivity index (χ2n) is 7.25. The van der Waals surface area contributed by atoms with E-state index in [1.807, 2.05) is 37.3 Å². The molecule has 1 aromatic carbocycles. The molecule has 2 aliphatic rings. The average Bonchev–Trinajstić information content (AvgIpc) is 3.10. The summed E-state index contributed by atoms with van der Waals surface area (Å²) in [6.45, 7) is 4.17. The van der Waals surface area contributed by atoms with E-state index in [-0.39, 0.29) is 0 Å². The normalized spacial score (nSPS) is 17.0. The molecular formula is C20H23N5OS. The van der Waals surface area contributed by atoms with Gasteiger partial charge in [0.2, 0.25) is 11.8 Å². The topological polar surface area (TPSA) is 60.0 Å². The van der Waals surface area contributed by atoms with Crippen molar-refractivity contribution in [3.63, 3.8) is 0 Å². The molecule has 0 amide bonds. The predicted octanol–water partition coefficient (Wildman–Crippen LogP) is 4.47. The van der Waals surface area contributed by atoms with Crippen LogP contribution in [0.1, 0.15) is 43.2 Å². The van der Waals surface area contributed by atoms with E-state index in [4.69, 9.17) is 9.40 Å². The van der Waals surface area contributed by atoms with Gasteiger partial charge in [0.1, 0.15) is 5.76 Å². The van der Waals surface area contributed by atoms with Gasteiger partial charge in [-0.15, -0.1) is 10.2 Å². The van der Waals surface area contributed by atoms with Crippen LogP contribution in [-0.4, -0.2) is 32.8 Å². The summed E-state index contributed by atoms with van der Waals surface area (Å²) < 4.78 is 8.24. The first-order valence-corrected chi connectivity index (χ1v) is 10.6. The fourth-order valence-corrected chi connectivity index (χ4v) is 4.55. The smallest absolute Gasteiger partial charge is 0.228 e. The molecule has 1 aliphatic carbocycles. The van der Waals surface area contributed by atoms with E-state index < -0.39 is 0 Å². The number of hydrogen-bond donors (Lipinski definition) is 0. The van der Waals surface area contributed by atoms with Gasteiger partial charge < -0.3 is 9.32 Å². The summed E-state index contributed by atoms with van der Waals surface area (Å²) in [4.78, 5) is 7.09. The molecule has 0 spiro atoms. The van der Waals surface area contributed by atoms with E-state index >= 15 is 0 Å². The predicted molar refractivity (Wildman–Crippen MR) is 106 cm³/mol. The van der Waals surface area contributed by atoms with Crippen molar-refractivity contribution in [1.29, 1.82) is 0 Å². The van der Waals surface area contributed by atoms with Crippen LogP contribution in [0.3, 0.4) is 0 Å². The van der Waals surface area contributed by atoms with Gasteiger partial charge in [0.05, 0.1) is 5.69 Å². The third-order valence-electron chi connectivity index (χ3n) is 5.20. The molecule has 1 aliphatic heterocycles. The Kier molecular flexibility index (Phi) is 4.39. The highest BCUT2D eigenvalue weighted by molar-refractivity contribution is 7.98.